The molecule has 0 aliphatic heterocycles. The van der Waals surface area contributed by atoms with E-state index in [0.29, 0.717) is 32.4 Å². The van der Waals surface area contributed by atoms with E-state index in [0.717, 1.165) is 0 Å². The van der Waals surface area contributed by atoms with E-state index < -0.39 is 5.25 Å². The Kier molecular flexibility index (Phi) is 5.65. The van der Waals surface area contributed by atoms with E-state index in [-0.39, 0.29) is 5.91 Å². The van der Waals surface area contributed by atoms with Crippen LogP contribution in [0.2, 0.25) is 10.0 Å². The zero-order valence-corrected chi connectivity index (χ0v) is 15.9. The lowest BCUT2D eigenvalue weighted by Gasteiger charge is -2.11. The maximum atomic E-state index is 12.3. The summed E-state index contributed by atoms with van der Waals surface area (Å²) < 4.78 is 1.32. The van der Waals surface area contributed by atoms with E-state index >= 15 is 0 Å². The Morgan fingerprint density at radius 2 is 2.00 bits per heavy atom. The molecule has 0 spiro atoms. The summed E-state index contributed by atoms with van der Waals surface area (Å²) in [6.45, 7) is 1.74. The van der Waals surface area contributed by atoms with Crippen LogP contribution in [0.5, 0.6) is 0 Å². The number of thioether (sulfide) groups is 1. The summed E-state index contributed by atoms with van der Waals surface area (Å²) in [5.74, 6) is 6.67. The Labute approximate surface area is 163 Å². The summed E-state index contributed by atoms with van der Waals surface area (Å²) in [7, 11) is 0. The molecule has 0 fully saturated rings. The van der Waals surface area contributed by atoms with Gasteiger partial charge in [0.15, 0.2) is 5.82 Å². The lowest BCUT2D eigenvalue weighted by Crippen LogP contribution is -2.24. The van der Waals surface area contributed by atoms with Gasteiger partial charge in [0.2, 0.25) is 11.1 Å². The Bertz CT molecular complexity index is 931. The molecule has 26 heavy (non-hydrogen) atoms. The molecule has 3 N–H and O–H groups in total. The number of nitrogens with one attached hydrogen (secondary N) is 1. The van der Waals surface area contributed by atoms with E-state index in [1.807, 2.05) is 12.1 Å². The molecule has 1 atom stereocenters. The number of nitrogen functional groups attached to an aromatic ring is 1. The summed E-state index contributed by atoms with van der Waals surface area (Å²) in [5, 5.41) is 11.8. The van der Waals surface area contributed by atoms with Gasteiger partial charge in [-0.25, -0.2) is 9.66 Å². The third kappa shape index (κ3) is 4.09. The largest absolute Gasteiger partial charge is 0.335 e. The van der Waals surface area contributed by atoms with E-state index in [1.165, 1.54) is 22.6 Å². The lowest BCUT2D eigenvalue weighted by atomic mass is 10.2. The van der Waals surface area contributed by atoms with Crippen LogP contribution in [0.3, 0.4) is 0 Å². The van der Waals surface area contributed by atoms with E-state index in [9.17, 15) is 4.79 Å². The smallest absolute Gasteiger partial charge is 0.238 e. The summed E-state index contributed by atoms with van der Waals surface area (Å²) in [5.41, 5.74) is 0.665. The number of benzene rings is 1. The number of hydrogen-bond acceptors (Lipinski definition) is 6. The number of aromatic nitrogens is 4. The normalized spacial score (nSPS) is 12.0. The molecule has 134 valence electrons. The number of pyridine rings is 1. The van der Waals surface area contributed by atoms with Crippen molar-refractivity contribution in [3.63, 3.8) is 0 Å². The van der Waals surface area contributed by atoms with Crippen molar-refractivity contribution in [3.8, 4) is 11.4 Å². The van der Waals surface area contributed by atoms with Crippen molar-refractivity contribution in [2.75, 3.05) is 11.2 Å². The highest BCUT2D eigenvalue weighted by molar-refractivity contribution is 8.00. The number of amides is 1. The molecule has 0 aliphatic rings. The van der Waals surface area contributed by atoms with Crippen LogP contribution < -0.4 is 11.2 Å². The first kappa shape index (κ1) is 18.5. The van der Waals surface area contributed by atoms with Gasteiger partial charge in [-0.3, -0.25) is 4.79 Å². The van der Waals surface area contributed by atoms with Gasteiger partial charge in [0.05, 0.1) is 15.3 Å². The van der Waals surface area contributed by atoms with Crippen LogP contribution in [0.25, 0.3) is 11.4 Å². The maximum Gasteiger partial charge on any atom is 0.238 e. The van der Waals surface area contributed by atoms with Gasteiger partial charge in [0.25, 0.3) is 0 Å². The molecular weight excluding hydrogens is 395 g/mol. The summed E-state index contributed by atoms with van der Waals surface area (Å²) in [6.07, 6.45) is 1.46. The predicted molar refractivity (Wildman–Crippen MR) is 104 cm³/mol. The molecule has 0 aliphatic carbocycles. The summed E-state index contributed by atoms with van der Waals surface area (Å²) >= 11 is 13.1. The Morgan fingerprint density at radius 3 is 2.69 bits per heavy atom. The Hall–Kier alpha value is -2.29. The number of carbonyl (C=O) groups excluding carboxylic acids is 1. The van der Waals surface area contributed by atoms with Crippen molar-refractivity contribution in [3.05, 3.63) is 52.6 Å². The van der Waals surface area contributed by atoms with Gasteiger partial charge in [0.1, 0.15) is 5.82 Å². The van der Waals surface area contributed by atoms with Crippen molar-refractivity contribution in [1.29, 1.82) is 0 Å². The molecule has 2 heterocycles. The minimum Gasteiger partial charge on any atom is -0.335 e. The van der Waals surface area contributed by atoms with Crippen molar-refractivity contribution in [2.45, 2.75) is 17.3 Å². The van der Waals surface area contributed by atoms with Gasteiger partial charge in [-0.05, 0) is 31.2 Å². The van der Waals surface area contributed by atoms with E-state index in [2.05, 4.69) is 20.5 Å². The number of anilines is 1. The fourth-order valence-corrected chi connectivity index (χ4v) is 3.18. The number of nitrogens with two attached hydrogens (primary N) is 1. The highest BCUT2D eigenvalue weighted by Crippen LogP contribution is 2.29. The minimum absolute atomic E-state index is 0.243. The van der Waals surface area contributed by atoms with Crippen LogP contribution in [-0.4, -0.2) is 31.0 Å². The maximum absolute atomic E-state index is 12.3. The predicted octanol–water partition coefficient (Wildman–Crippen LogP) is 3.48. The molecular formula is C16H14Cl2N6OS. The molecule has 0 saturated carbocycles. The van der Waals surface area contributed by atoms with Gasteiger partial charge in [0, 0.05) is 11.8 Å². The standard InChI is InChI=1S/C16H14Cl2N6OS/c1-9(15(25)21-13-7-6-10(17)8-20-13)26-16-23-22-14(24(16)19)11-4-2-3-5-12(11)18/h2-9H,19H2,1H3,(H,20,21,25). The number of carbonyl (C=O) groups is 1. The van der Waals surface area contributed by atoms with Gasteiger partial charge in [-0.1, -0.05) is 47.1 Å². The fraction of sp³-hybridized carbons (Fsp3) is 0.125. The van der Waals surface area contributed by atoms with Crippen LogP contribution in [0, 0.1) is 0 Å². The molecule has 10 heteroatoms. The molecule has 3 aromatic rings. The Balaban J connectivity index is 1.71. The summed E-state index contributed by atoms with van der Waals surface area (Å²) in [6, 6.07) is 10.5. The number of halogens is 2. The first-order chi connectivity index (χ1) is 12.5. The average Bonchev–Trinajstić information content (AvgIpc) is 2.98. The van der Waals surface area contributed by atoms with Crippen molar-refractivity contribution < 1.29 is 4.79 Å². The average molecular weight is 409 g/mol. The van der Waals surface area contributed by atoms with E-state index in [1.54, 1.807) is 31.2 Å². The fourth-order valence-electron chi connectivity index (χ4n) is 2.07. The highest BCUT2D eigenvalue weighted by atomic mass is 35.5. The molecule has 3 rings (SSSR count). The van der Waals surface area contributed by atoms with Crippen LogP contribution >= 0.6 is 35.0 Å². The topological polar surface area (TPSA) is 98.7 Å². The Morgan fingerprint density at radius 1 is 1.23 bits per heavy atom. The molecule has 1 amide bonds. The zero-order valence-electron chi connectivity index (χ0n) is 13.6. The van der Waals surface area contributed by atoms with Crippen molar-refractivity contribution in [2.24, 2.45) is 0 Å². The van der Waals surface area contributed by atoms with Crippen LogP contribution in [0.4, 0.5) is 5.82 Å². The van der Waals surface area contributed by atoms with Gasteiger partial charge in [-0.15, -0.1) is 10.2 Å². The minimum atomic E-state index is -0.474. The van der Waals surface area contributed by atoms with Crippen LogP contribution in [-0.2, 0) is 4.79 Å². The molecule has 0 radical (unpaired) electrons. The van der Waals surface area contributed by atoms with Gasteiger partial charge >= 0.3 is 0 Å². The second-order valence-corrected chi connectivity index (χ2v) is 7.42. The SMILES string of the molecule is CC(Sc1nnc(-c2ccccc2Cl)n1N)C(=O)Nc1ccc(Cl)cn1. The second-order valence-electron chi connectivity index (χ2n) is 5.27. The first-order valence-electron chi connectivity index (χ1n) is 7.50. The molecule has 2 aromatic heterocycles. The zero-order chi connectivity index (χ0) is 18.7. The monoisotopic (exact) mass is 408 g/mol. The first-order valence-corrected chi connectivity index (χ1v) is 9.13. The molecule has 7 nitrogen and oxygen atoms in total. The van der Waals surface area contributed by atoms with Crippen LogP contribution in [0.15, 0.2) is 47.8 Å². The third-order valence-corrected chi connectivity index (χ3v) is 5.02. The second kappa shape index (κ2) is 7.94. The van der Waals surface area contributed by atoms with E-state index in [4.69, 9.17) is 29.0 Å². The molecule has 1 aromatic carbocycles. The number of rotatable bonds is 5. The quantitative estimate of drug-likeness (QED) is 0.495. The molecule has 0 bridgehead atoms. The van der Waals surface area contributed by atoms with Crippen molar-refractivity contribution >= 4 is 46.7 Å². The molecule has 0 saturated heterocycles. The highest BCUT2D eigenvalue weighted by Gasteiger charge is 2.21. The van der Waals surface area contributed by atoms with Crippen LogP contribution in [0.1, 0.15) is 6.92 Å². The van der Waals surface area contributed by atoms with Gasteiger partial charge in [-0.2, -0.15) is 0 Å². The van der Waals surface area contributed by atoms with Crippen molar-refractivity contribution in [1.82, 2.24) is 19.9 Å². The summed E-state index contributed by atoms with van der Waals surface area (Å²) in [4.78, 5) is 16.4. The number of hydrogen-bond donors (Lipinski definition) is 2. The lowest BCUT2D eigenvalue weighted by molar-refractivity contribution is -0.115. The number of nitrogens with zero attached hydrogens (tertiary/aromatic N) is 4. The third-order valence-electron chi connectivity index (χ3n) is 3.41. The molecule has 1 unspecified atom stereocenters. The van der Waals surface area contributed by atoms with Gasteiger partial charge < -0.3 is 11.2 Å².